The highest BCUT2D eigenvalue weighted by Gasteiger charge is 2.23. The van der Waals surface area contributed by atoms with Crippen molar-refractivity contribution in [2.75, 3.05) is 0 Å². The average molecular weight is 365 g/mol. The van der Waals surface area contributed by atoms with E-state index in [1.807, 2.05) is 43.3 Å². The number of carbonyl (C=O) groups excluding carboxylic acids is 1. The minimum Gasteiger partial charge on any atom is -0.345 e. The highest BCUT2D eigenvalue weighted by atomic mass is 16.5. The Hall–Kier alpha value is -3.47. The predicted octanol–water partition coefficient (Wildman–Crippen LogP) is 2.22. The summed E-state index contributed by atoms with van der Waals surface area (Å²) in [5.74, 6) is -0.0417. The number of hydrogen-bond acceptors (Lipinski definition) is 6. The zero-order valence-electron chi connectivity index (χ0n) is 15.1. The average Bonchev–Trinajstić information content (AvgIpc) is 3.04. The molecule has 138 valence electrons. The number of benzene rings is 1. The van der Waals surface area contributed by atoms with Crippen LogP contribution in [0.25, 0.3) is 11.1 Å². The molecule has 27 heavy (non-hydrogen) atoms. The Kier molecular flexibility index (Phi) is 5.31. The van der Waals surface area contributed by atoms with E-state index in [9.17, 15) is 9.59 Å². The van der Waals surface area contributed by atoms with E-state index in [1.165, 1.54) is 4.57 Å². The highest BCUT2D eigenvalue weighted by Crippen LogP contribution is 2.19. The third-order valence-electron chi connectivity index (χ3n) is 4.27. The summed E-state index contributed by atoms with van der Waals surface area (Å²) < 4.78 is 6.71. The van der Waals surface area contributed by atoms with E-state index in [2.05, 4.69) is 15.5 Å². The van der Waals surface area contributed by atoms with E-state index in [-0.39, 0.29) is 17.7 Å². The molecule has 1 unspecified atom stereocenters. The molecule has 0 aliphatic heterocycles. The minimum absolute atomic E-state index is 0.143. The summed E-state index contributed by atoms with van der Waals surface area (Å²) in [4.78, 5) is 29.5. The molecule has 0 aliphatic carbocycles. The molecule has 1 aromatic carbocycles. The molecule has 0 aliphatic rings. The molecule has 0 saturated heterocycles. The second-order valence-corrected chi connectivity index (χ2v) is 6.16. The maximum Gasteiger partial charge on any atom is 0.267 e. The zero-order valence-corrected chi connectivity index (χ0v) is 15.1. The molecule has 3 rings (SSSR count). The lowest BCUT2D eigenvalue weighted by Crippen LogP contribution is -2.35. The first-order valence-corrected chi connectivity index (χ1v) is 8.62. The summed E-state index contributed by atoms with van der Waals surface area (Å²) >= 11 is 0. The van der Waals surface area contributed by atoms with Crippen molar-refractivity contribution in [3.63, 3.8) is 0 Å². The van der Waals surface area contributed by atoms with Gasteiger partial charge >= 0.3 is 0 Å². The summed E-state index contributed by atoms with van der Waals surface area (Å²) in [5, 5.41) is 15.7. The number of aryl methyl sites for hydroxylation is 1. The van der Waals surface area contributed by atoms with Crippen LogP contribution in [-0.2, 0) is 11.3 Å². The van der Waals surface area contributed by atoms with Gasteiger partial charge in [-0.2, -0.15) is 10.2 Å². The number of amides is 1. The van der Waals surface area contributed by atoms with Crippen LogP contribution in [0.4, 0.5) is 0 Å². The van der Waals surface area contributed by atoms with E-state index in [0.29, 0.717) is 29.9 Å². The molecule has 0 saturated carbocycles. The summed E-state index contributed by atoms with van der Waals surface area (Å²) in [6.45, 7) is 3.85. The molecule has 0 spiro atoms. The van der Waals surface area contributed by atoms with Crippen LogP contribution < -0.4 is 10.9 Å². The van der Waals surface area contributed by atoms with Crippen molar-refractivity contribution in [3.8, 4) is 6.07 Å². The van der Waals surface area contributed by atoms with Crippen molar-refractivity contribution in [2.24, 2.45) is 0 Å². The van der Waals surface area contributed by atoms with Gasteiger partial charge in [0, 0.05) is 0 Å². The highest BCUT2D eigenvalue weighted by molar-refractivity contribution is 5.78. The fourth-order valence-electron chi connectivity index (χ4n) is 2.93. The first-order valence-electron chi connectivity index (χ1n) is 8.62. The minimum atomic E-state index is -0.530. The van der Waals surface area contributed by atoms with E-state index < -0.39 is 11.9 Å². The standard InChI is InChI=1S/C19H19N5O3/c1-3-14(21-15(25)9-10-20)17-22-18-16(12(2)23-27-18)19(26)24(17)11-13-7-5-4-6-8-13/h4-8,14H,3,9,11H2,1-2H3,(H,21,25). The largest absolute Gasteiger partial charge is 0.345 e. The van der Waals surface area contributed by atoms with Gasteiger partial charge in [-0.05, 0) is 18.9 Å². The Morgan fingerprint density at radius 2 is 2.11 bits per heavy atom. The summed E-state index contributed by atoms with van der Waals surface area (Å²) in [6, 6.07) is 10.8. The van der Waals surface area contributed by atoms with Gasteiger partial charge in [0.1, 0.15) is 17.6 Å². The Balaban J connectivity index is 2.14. The number of fused-ring (bicyclic) bond motifs is 1. The SMILES string of the molecule is CCC(NC(=O)CC#N)c1nc2onc(C)c2c(=O)n1Cc1ccccc1. The van der Waals surface area contributed by atoms with Crippen LogP contribution >= 0.6 is 0 Å². The molecule has 1 amide bonds. The molecular formula is C19H19N5O3. The van der Waals surface area contributed by atoms with E-state index in [1.54, 1.807) is 6.92 Å². The van der Waals surface area contributed by atoms with Crippen molar-refractivity contribution in [3.05, 3.63) is 57.8 Å². The Morgan fingerprint density at radius 3 is 2.78 bits per heavy atom. The Morgan fingerprint density at radius 1 is 1.37 bits per heavy atom. The molecule has 1 atom stereocenters. The fourth-order valence-corrected chi connectivity index (χ4v) is 2.93. The second kappa shape index (κ2) is 7.83. The van der Waals surface area contributed by atoms with E-state index >= 15 is 0 Å². The number of nitrogens with one attached hydrogen (secondary N) is 1. The van der Waals surface area contributed by atoms with Crippen LogP contribution in [0.2, 0.25) is 0 Å². The molecule has 1 N–H and O–H groups in total. The van der Waals surface area contributed by atoms with Gasteiger partial charge in [0.05, 0.1) is 24.3 Å². The number of rotatable bonds is 6. The third-order valence-corrected chi connectivity index (χ3v) is 4.27. The van der Waals surface area contributed by atoms with Crippen molar-refractivity contribution >= 4 is 17.0 Å². The van der Waals surface area contributed by atoms with Crippen molar-refractivity contribution < 1.29 is 9.32 Å². The lowest BCUT2D eigenvalue weighted by Gasteiger charge is -2.20. The van der Waals surface area contributed by atoms with Gasteiger partial charge in [-0.1, -0.05) is 42.4 Å². The van der Waals surface area contributed by atoms with Gasteiger partial charge in [-0.3, -0.25) is 14.2 Å². The van der Waals surface area contributed by atoms with Gasteiger partial charge in [0.25, 0.3) is 11.3 Å². The molecule has 3 aromatic rings. The van der Waals surface area contributed by atoms with Crippen LogP contribution in [0.3, 0.4) is 0 Å². The number of nitriles is 1. The zero-order chi connectivity index (χ0) is 19.4. The summed E-state index contributed by atoms with van der Waals surface area (Å²) in [5.41, 5.74) is 1.27. The number of hydrogen-bond donors (Lipinski definition) is 1. The lowest BCUT2D eigenvalue weighted by atomic mass is 10.1. The van der Waals surface area contributed by atoms with Crippen LogP contribution in [0, 0.1) is 18.3 Å². The first kappa shape index (κ1) is 18.3. The maximum absolute atomic E-state index is 13.1. The maximum atomic E-state index is 13.1. The molecule has 8 nitrogen and oxygen atoms in total. The first-order chi connectivity index (χ1) is 13.0. The summed E-state index contributed by atoms with van der Waals surface area (Å²) in [6.07, 6.45) is 0.236. The van der Waals surface area contributed by atoms with E-state index in [0.717, 1.165) is 5.56 Å². The second-order valence-electron chi connectivity index (χ2n) is 6.16. The molecule has 0 bridgehead atoms. The van der Waals surface area contributed by atoms with Crippen LogP contribution in [0.5, 0.6) is 0 Å². The smallest absolute Gasteiger partial charge is 0.267 e. The third kappa shape index (κ3) is 3.72. The van der Waals surface area contributed by atoms with Gasteiger partial charge in [-0.25, -0.2) is 0 Å². The molecule has 0 radical (unpaired) electrons. The lowest BCUT2D eigenvalue weighted by molar-refractivity contribution is -0.121. The van der Waals surface area contributed by atoms with Crippen molar-refractivity contribution in [1.82, 2.24) is 20.0 Å². The van der Waals surface area contributed by atoms with Crippen molar-refractivity contribution in [2.45, 2.75) is 39.3 Å². The Labute approximate surface area is 155 Å². The Bertz CT molecular complexity index is 1060. The molecule has 8 heteroatoms. The van der Waals surface area contributed by atoms with Gasteiger partial charge in [-0.15, -0.1) is 0 Å². The number of nitrogens with zero attached hydrogens (tertiary/aromatic N) is 4. The van der Waals surface area contributed by atoms with Crippen LogP contribution in [-0.4, -0.2) is 20.6 Å². The fraction of sp³-hybridized carbons (Fsp3) is 0.316. The monoisotopic (exact) mass is 365 g/mol. The van der Waals surface area contributed by atoms with Gasteiger partial charge < -0.3 is 9.84 Å². The molecule has 2 heterocycles. The summed E-state index contributed by atoms with van der Waals surface area (Å²) in [7, 11) is 0. The molecule has 0 fully saturated rings. The normalized spacial score (nSPS) is 11.9. The van der Waals surface area contributed by atoms with Crippen LogP contribution in [0.1, 0.15) is 42.9 Å². The predicted molar refractivity (Wildman–Crippen MR) is 97.7 cm³/mol. The van der Waals surface area contributed by atoms with E-state index in [4.69, 9.17) is 9.78 Å². The van der Waals surface area contributed by atoms with Gasteiger partial charge in [0.15, 0.2) is 0 Å². The van der Waals surface area contributed by atoms with Crippen LogP contribution in [0.15, 0.2) is 39.6 Å². The number of carbonyl (C=O) groups is 1. The molecule has 2 aromatic heterocycles. The molecular weight excluding hydrogens is 346 g/mol. The topological polar surface area (TPSA) is 114 Å². The number of aromatic nitrogens is 3. The van der Waals surface area contributed by atoms with Gasteiger partial charge in [0.2, 0.25) is 5.91 Å². The quantitative estimate of drug-likeness (QED) is 0.716. The van der Waals surface area contributed by atoms with Crippen molar-refractivity contribution in [1.29, 1.82) is 5.26 Å².